The molecule has 0 atom stereocenters. The van der Waals surface area contributed by atoms with Crippen molar-refractivity contribution in [2.45, 2.75) is 13.5 Å². The Balaban J connectivity index is 2.20. The lowest BCUT2D eigenvalue weighted by Crippen LogP contribution is -1.97. The first-order chi connectivity index (χ1) is 7.83. The van der Waals surface area contributed by atoms with E-state index < -0.39 is 0 Å². The van der Waals surface area contributed by atoms with Crippen LogP contribution in [0.5, 0.6) is 5.75 Å². The number of benzene rings is 1. The van der Waals surface area contributed by atoms with Crippen LogP contribution in [0.15, 0.2) is 24.3 Å². The van der Waals surface area contributed by atoms with Crippen LogP contribution in [0.2, 0.25) is 0 Å². The molecular weight excluding hydrogens is 204 g/mol. The Labute approximate surface area is 93.7 Å². The van der Waals surface area contributed by atoms with Gasteiger partial charge in [-0.3, -0.25) is 5.10 Å². The largest absolute Gasteiger partial charge is 0.494 e. The Bertz CT molecular complexity index is 449. The van der Waals surface area contributed by atoms with Gasteiger partial charge in [0.15, 0.2) is 5.82 Å². The number of nitrogens with one attached hydrogen (secondary N) is 1. The van der Waals surface area contributed by atoms with Gasteiger partial charge >= 0.3 is 0 Å². The Morgan fingerprint density at radius 1 is 1.31 bits per heavy atom. The van der Waals surface area contributed by atoms with E-state index in [-0.39, 0.29) is 0 Å². The highest BCUT2D eigenvalue weighted by Crippen LogP contribution is 2.19. The lowest BCUT2D eigenvalue weighted by molar-refractivity contribution is 0.340. The quantitative estimate of drug-likeness (QED) is 0.811. The number of rotatable bonds is 4. The van der Waals surface area contributed by atoms with Gasteiger partial charge in [0.2, 0.25) is 0 Å². The fourth-order valence-corrected chi connectivity index (χ4v) is 1.38. The molecule has 1 aromatic heterocycles. The van der Waals surface area contributed by atoms with Gasteiger partial charge in [-0.05, 0) is 31.2 Å². The number of nitrogens with two attached hydrogens (primary N) is 1. The minimum atomic E-state index is 0.365. The maximum absolute atomic E-state index is 5.45. The first kappa shape index (κ1) is 10.6. The fourth-order valence-electron chi connectivity index (χ4n) is 1.38. The normalized spacial score (nSPS) is 10.4. The van der Waals surface area contributed by atoms with E-state index in [1.807, 2.05) is 31.2 Å². The van der Waals surface area contributed by atoms with Crippen LogP contribution in [-0.4, -0.2) is 21.8 Å². The van der Waals surface area contributed by atoms with E-state index in [0.717, 1.165) is 11.3 Å². The van der Waals surface area contributed by atoms with Crippen LogP contribution in [-0.2, 0) is 6.54 Å². The topological polar surface area (TPSA) is 76.8 Å². The van der Waals surface area contributed by atoms with Crippen molar-refractivity contribution < 1.29 is 4.74 Å². The van der Waals surface area contributed by atoms with Crippen molar-refractivity contribution in [3.05, 3.63) is 30.1 Å². The highest BCUT2D eigenvalue weighted by Gasteiger charge is 2.04. The van der Waals surface area contributed by atoms with Crippen molar-refractivity contribution in [1.82, 2.24) is 15.2 Å². The number of nitrogens with zero attached hydrogens (tertiary/aromatic N) is 2. The summed E-state index contributed by atoms with van der Waals surface area (Å²) in [5.41, 5.74) is 6.40. The van der Waals surface area contributed by atoms with Crippen molar-refractivity contribution in [3.8, 4) is 17.1 Å². The van der Waals surface area contributed by atoms with Crippen LogP contribution in [0.4, 0.5) is 0 Å². The maximum Gasteiger partial charge on any atom is 0.181 e. The van der Waals surface area contributed by atoms with E-state index in [0.29, 0.717) is 24.8 Å². The third kappa shape index (κ3) is 2.20. The molecule has 2 aromatic rings. The summed E-state index contributed by atoms with van der Waals surface area (Å²) in [4.78, 5) is 4.24. The summed E-state index contributed by atoms with van der Waals surface area (Å²) in [7, 11) is 0. The van der Waals surface area contributed by atoms with Gasteiger partial charge in [-0.2, -0.15) is 5.10 Å². The summed E-state index contributed by atoms with van der Waals surface area (Å²) >= 11 is 0. The summed E-state index contributed by atoms with van der Waals surface area (Å²) < 4.78 is 5.35. The van der Waals surface area contributed by atoms with Crippen LogP contribution < -0.4 is 10.5 Å². The van der Waals surface area contributed by atoms with Crippen LogP contribution in [0.1, 0.15) is 12.7 Å². The van der Waals surface area contributed by atoms with Crippen LogP contribution >= 0.6 is 0 Å². The highest BCUT2D eigenvalue weighted by molar-refractivity contribution is 5.55. The Hall–Kier alpha value is -1.88. The zero-order valence-electron chi connectivity index (χ0n) is 9.10. The van der Waals surface area contributed by atoms with Crippen LogP contribution in [0.25, 0.3) is 11.4 Å². The molecule has 0 aliphatic heterocycles. The maximum atomic E-state index is 5.45. The minimum absolute atomic E-state index is 0.365. The molecule has 0 amide bonds. The molecule has 0 spiro atoms. The number of hydrogen-bond donors (Lipinski definition) is 2. The second-order valence-electron chi connectivity index (χ2n) is 3.27. The van der Waals surface area contributed by atoms with Gasteiger partial charge in [-0.25, -0.2) is 4.98 Å². The summed E-state index contributed by atoms with van der Waals surface area (Å²) in [5, 5.41) is 6.85. The van der Waals surface area contributed by atoms with Gasteiger partial charge in [-0.15, -0.1) is 0 Å². The molecule has 0 radical (unpaired) electrons. The molecule has 0 aliphatic rings. The summed E-state index contributed by atoms with van der Waals surface area (Å²) in [5.74, 6) is 2.19. The molecule has 0 unspecified atom stereocenters. The van der Waals surface area contributed by atoms with E-state index >= 15 is 0 Å². The SMILES string of the molecule is CCOc1ccc(-c2n[nH]c(CN)n2)cc1. The molecule has 1 aromatic carbocycles. The minimum Gasteiger partial charge on any atom is -0.494 e. The number of H-pyrrole nitrogens is 1. The molecule has 3 N–H and O–H groups in total. The molecular formula is C11H14N4O. The summed E-state index contributed by atoms with van der Waals surface area (Å²) in [6, 6.07) is 7.65. The van der Waals surface area contributed by atoms with Gasteiger partial charge in [0, 0.05) is 5.56 Å². The molecule has 5 nitrogen and oxygen atoms in total. The molecule has 0 fully saturated rings. The number of hydrogen-bond acceptors (Lipinski definition) is 4. The van der Waals surface area contributed by atoms with Crippen LogP contribution in [0, 0.1) is 0 Å². The third-order valence-electron chi connectivity index (χ3n) is 2.15. The van der Waals surface area contributed by atoms with Crippen molar-refractivity contribution in [3.63, 3.8) is 0 Å². The zero-order chi connectivity index (χ0) is 11.4. The third-order valence-corrected chi connectivity index (χ3v) is 2.15. The standard InChI is InChI=1S/C11H14N4O/c1-2-16-9-5-3-8(4-6-9)11-13-10(7-12)14-15-11/h3-6H,2,7,12H2,1H3,(H,13,14,15). The molecule has 0 saturated carbocycles. The zero-order valence-corrected chi connectivity index (χ0v) is 9.10. The van der Waals surface area contributed by atoms with Gasteiger partial charge in [0.25, 0.3) is 0 Å². The predicted octanol–water partition coefficient (Wildman–Crippen LogP) is 1.33. The van der Waals surface area contributed by atoms with E-state index in [1.54, 1.807) is 0 Å². The van der Waals surface area contributed by atoms with E-state index in [4.69, 9.17) is 10.5 Å². The molecule has 2 rings (SSSR count). The van der Waals surface area contributed by atoms with E-state index in [9.17, 15) is 0 Å². The number of ether oxygens (including phenoxy) is 1. The van der Waals surface area contributed by atoms with Gasteiger partial charge < -0.3 is 10.5 Å². The second-order valence-corrected chi connectivity index (χ2v) is 3.27. The average Bonchev–Trinajstić information content (AvgIpc) is 2.79. The first-order valence-corrected chi connectivity index (χ1v) is 5.18. The summed E-state index contributed by atoms with van der Waals surface area (Å²) in [6.07, 6.45) is 0. The second kappa shape index (κ2) is 4.76. The predicted molar refractivity (Wildman–Crippen MR) is 60.9 cm³/mol. The molecule has 16 heavy (non-hydrogen) atoms. The monoisotopic (exact) mass is 218 g/mol. The first-order valence-electron chi connectivity index (χ1n) is 5.18. The molecule has 1 heterocycles. The molecule has 5 heteroatoms. The molecule has 84 valence electrons. The van der Waals surface area contributed by atoms with Crippen LogP contribution in [0.3, 0.4) is 0 Å². The van der Waals surface area contributed by atoms with E-state index in [1.165, 1.54) is 0 Å². The van der Waals surface area contributed by atoms with Crippen molar-refractivity contribution in [2.75, 3.05) is 6.61 Å². The van der Waals surface area contributed by atoms with Crippen molar-refractivity contribution in [1.29, 1.82) is 0 Å². The Morgan fingerprint density at radius 3 is 2.62 bits per heavy atom. The Kier molecular flexibility index (Phi) is 3.16. The Morgan fingerprint density at radius 2 is 2.06 bits per heavy atom. The van der Waals surface area contributed by atoms with Gasteiger partial charge in [0.05, 0.1) is 13.2 Å². The lowest BCUT2D eigenvalue weighted by Gasteiger charge is -2.02. The molecule has 0 aliphatic carbocycles. The summed E-state index contributed by atoms with van der Waals surface area (Å²) in [6.45, 7) is 2.98. The van der Waals surface area contributed by atoms with Gasteiger partial charge in [-0.1, -0.05) is 0 Å². The van der Waals surface area contributed by atoms with Gasteiger partial charge in [0.1, 0.15) is 11.6 Å². The lowest BCUT2D eigenvalue weighted by atomic mass is 10.2. The molecule has 0 saturated heterocycles. The molecule has 0 bridgehead atoms. The fraction of sp³-hybridized carbons (Fsp3) is 0.273. The van der Waals surface area contributed by atoms with E-state index in [2.05, 4.69) is 15.2 Å². The smallest absolute Gasteiger partial charge is 0.181 e. The highest BCUT2D eigenvalue weighted by atomic mass is 16.5. The number of aromatic amines is 1. The van der Waals surface area contributed by atoms with Crippen molar-refractivity contribution in [2.24, 2.45) is 5.73 Å². The number of aromatic nitrogens is 3. The average molecular weight is 218 g/mol. The van der Waals surface area contributed by atoms with Crippen molar-refractivity contribution >= 4 is 0 Å².